The van der Waals surface area contributed by atoms with Crippen LogP contribution in [0.3, 0.4) is 0 Å². The maximum atomic E-state index is 13.1. The van der Waals surface area contributed by atoms with E-state index in [4.69, 9.17) is 9.15 Å². The molecule has 1 unspecified atom stereocenters. The number of amides is 1. The number of rotatable bonds is 6. The largest absolute Gasteiger partial charge is 0.460 e. The molecule has 0 aliphatic heterocycles. The third-order valence-electron chi connectivity index (χ3n) is 5.39. The van der Waals surface area contributed by atoms with Crippen LogP contribution in [-0.2, 0) is 9.53 Å². The van der Waals surface area contributed by atoms with Crippen LogP contribution in [0.1, 0.15) is 23.0 Å². The quantitative estimate of drug-likeness (QED) is 0.293. The zero-order chi connectivity index (χ0) is 24.4. The van der Waals surface area contributed by atoms with Crippen molar-refractivity contribution in [3.05, 3.63) is 89.5 Å². The van der Waals surface area contributed by atoms with Crippen LogP contribution < -0.4 is 5.32 Å². The molecule has 1 amide bonds. The highest BCUT2D eigenvalue weighted by atomic mass is 32.1. The molecule has 35 heavy (non-hydrogen) atoms. The predicted octanol–water partition coefficient (Wildman–Crippen LogP) is 6.11. The van der Waals surface area contributed by atoms with E-state index in [1.165, 1.54) is 18.3 Å². The molecule has 5 rings (SSSR count). The molecular weight excluding hydrogens is 462 g/mol. The molecule has 3 aromatic heterocycles. The van der Waals surface area contributed by atoms with Crippen molar-refractivity contribution in [1.29, 1.82) is 0 Å². The molecule has 0 aliphatic rings. The lowest BCUT2D eigenvalue weighted by molar-refractivity contribution is -0.123. The fourth-order valence-electron chi connectivity index (χ4n) is 3.60. The Morgan fingerprint density at radius 2 is 1.74 bits per heavy atom. The number of anilines is 1. The number of fused-ring (bicyclic) bond motifs is 1. The van der Waals surface area contributed by atoms with Crippen molar-refractivity contribution in [1.82, 2.24) is 9.97 Å². The van der Waals surface area contributed by atoms with Gasteiger partial charge in [0.25, 0.3) is 5.91 Å². The number of pyridine rings is 1. The Morgan fingerprint density at radius 1 is 0.971 bits per heavy atom. The van der Waals surface area contributed by atoms with Crippen LogP contribution in [-0.4, -0.2) is 27.9 Å². The second-order valence-corrected chi connectivity index (χ2v) is 8.78. The molecule has 174 valence electrons. The zero-order valence-electron chi connectivity index (χ0n) is 19.0. The molecule has 0 saturated carbocycles. The van der Waals surface area contributed by atoms with Crippen molar-refractivity contribution in [3.63, 3.8) is 0 Å². The number of nitrogens with zero attached hydrogens (tertiary/aromatic N) is 2. The van der Waals surface area contributed by atoms with Gasteiger partial charge in [-0.2, -0.15) is 0 Å². The van der Waals surface area contributed by atoms with Crippen molar-refractivity contribution in [2.45, 2.75) is 20.0 Å². The highest BCUT2D eigenvalue weighted by Crippen LogP contribution is 2.28. The maximum Gasteiger partial charge on any atom is 0.339 e. The Balaban J connectivity index is 1.34. The van der Waals surface area contributed by atoms with E-state index < -0.39 is 18.0 Å². The van der Waals surface area contributed by atoms with Crippen LogP contribution in [0.15, 0.2) is 82.6 Å². The standard InChI is InChI=1S/C27H21N3O4S/c1-16-12-13-24(33-16)22-14-20(19-10-6-7-11-21(19)28-22)26(32)34-17(2)25(31)30-27-29-23(15-35-27)18-8-4-3-5-9-18/h3-15,17H,1-2H3,(H,29,30,31). The summed E-state index contributed by atoms with van der Waals surface area (Å²) in [6.45, 7) is 3.37. The molecule has 8 heteroatoms. The van der Waals surface area contributed by atoms with Crippen LogP contribution in [0.25, 0.3) is 33.6 Å². The fourth-order valence-corrected chi connectivity index (χ4v) is 4.32. The van der Waals surface area contributed by atoms with Gasteiger partial charge >= 0.3 is 5.97 Å². The second-order valence-electron chi connectivity index (χ2n) is 7.92. The van der Waals surface area contributed by atoms with Gasteiger partial charge in [-0.15, -0.1) is 11.3 Å². The SMILES string of the molecule is Cc1ccc(-c2cc(C(=O)OC(C)C(=O)Nc3nc(-c4ccccc4)cs3)c3ccccc3n2)o1. The lowest BCUT2D eigenvalue weighted by Gasteiger charge is -2.14. The fraction of sp³-hybridized carbons (Fsp3) is 0.111. The van der Waals surface area contributed by atoms with Gasteiger partial charge in [0.15, 0.2) is 17.0 Å². The van der Waals surface area contributed by atoms with E-state index in [2.05, 4.69) is 15.3 Å². The molecular formula is C27H21N3O4S. The summed E-state index contributed by atoms with van der Waals surface area (Å²) in [5.74, 6) is 0.195. The highest BCUT2D eigenvalue weighted by Gasteiger charge is 2.23. The van der Waals surface area contributed by atoms with E-state index in [-0.39, 0.29) is 0 Å². The number of hydrogen-bond donors (Lipinski definition) is 1. The molecule has 0 radical (unpaired) electrons. The Labute approximate surface area is 205 Å². The van der Waals surface area contributed by atoms with E-state index in [0.717, 1.165) is 17.0 Å². The normalized spacial score (nSPS) is 11.8. The molecule has 0 bridgehead atoms. The lowest BCUT2D eigenvalue weighted by atomic mass is 10.1. The first-order valence-corrected chi connectivity index (χ1v) is 11.9. The molecule has 0 fully saturated rings. The predicted molar refractivity (Wildman–Crippen MR) is 135 cm³/mol. The van der Waals surface area contributed by atoms with Crippen LogP contribution >= 0.6 is 11.3 Å². The minimum absolute atomic E-state index is 0.305. The van der Waals surface area contributed by atoms with E-state index in [0.29, 0.717) is 33.1 Å². The van der Waals surface area contributed by atoms with Gasteiger partial charge in [0, 0.05) is 16.3 Å². The van der Waals surface area contributed by atoms with Gasteiger partial charge in [-0.05, 0) is 38.1 Å². The Morgan fingerprint density at radius 3 is 2.51 bits per heavy atom. The number of carbonyl (C=O) groups excluding carboxylic acids is 2. The number of aromatic nitrogens is 2. The van der Waals surface area contributed by atoms with E-state index >= 15 is 0 Å². The molecule has 0 spiro atoms. The van der Waals surface area contributed by atoms with Gasteiger partial charge in [-0.25, -0.2) is 14.8 Å². The molecule has 3 heterocycles. The summed E-state index contributed by atoms with van der Waals surface area (Å²) in [6, 6.07) is 22.2. The van der Waals surface area contributed by atoms with Crippen molar-refractivity contribution in [2.24, 2.45) is 0 Å². The average Bonchev–Trinajstić information content (AvgIpc) is 3.53. The summed E-state index contributed by atoms with van der Waals surface area (Å²) in [7, 11) is 0. The zero-order valence-corrected chi connectivity index (χ0v) is 19.8. The number of benzene rings is 2. The Bertz CT molecular complexity index is 1520. The summed E-state index contributed by atoms with van der Waals surface area (Å²) in [4.78, 5) is 34.9. The minimum Gasteiger partial charge on any atom is -0.460 e. The van der Waals surface area contributed by atoms with Crippen LogP contribution in [0.2, 0.25) is 0 Å². The van der Waals surface area contributed by atoms with Gasteiger partial charge in [0.1, 0.15) is 11.5 Å². The smallest absolute Gasteiger partial charge is 0.339 e. The van der Waals surface area contributed by atoms with Gasteiger partial charge in [0.2, 0.25) is 0 Å². The van der Waals surface area contributed by atoms with Crippen molar-refractivity contribution >= 4 is 39.2 Å². The summed E-state index contributed by atoms with van der Waals surface area (Å²) in [5, 5.41) is 5.65. The van der Waals surface area contributed by atoms with Crippen LogP contribution in [0.5, 0.6) is 0 Å². The monoisotopic (exact) mass is 483 g/mol. The topological polar surface area (TPSA) is 94.3 Å². The molecule has 7 nitrogen and oxygen atoms in total. The lowest BCUT2D eigenvalue weighted by Crippen LogP contribution is -2.30. The highest BCUT2D eigenvalue weighted by molar-refractivity contribution is 7.14. The molecule has 2 aromatic carbocycles. The van der Waals surface area contributed by atoms with Gasteiger partial charge in [0.05, 0.1) is 16.8 Å². The summed E-state index contributed by atoms with van der Waals surface area (Å²) in [6.07, 6.45) is -1.03. The summed E-state index contributed by atoms with van der Waals surface area (Å²) in [5.41, 5.74) is 3.16. The number of para-hydroxylation sites is 1. The summed E-state index contributed by atoms with van der Waals surface area (Å²) < 4.78 is 11.2. The molecule has 1 atom stereocenters. The first-order chi connectivity index (χ1) is 17.0. The third-order valence-corrected chi connectivity index (χ3v) is 6.14. The number of nitrogens with one attached hydrogen (secondary N) is 1. The second kappa shape index (κ2) is 9.52. The van der Waals surface area contributed by atoms with Crippen molar-refractivity contribution < 1.29 is 18.7 Å². The van der Waals surface area contributed by atoms with Crippen molar-refractivity contribution in [3.8, 4) is 22.7 Å². The number of hydrogen-bond acceptors (Lipinski definition) is 7. The van der Waals surface area contributed by atoms with Crippen LogP contribution in [0, 0.1) is 6.92 Å². The molecule has 5 aromatic rings. The Kier molecular flexibility index (Phi) is 6.12. The van der Waals surface area contributed by atoms with Gasteiger partial charge in [-0.1, -0.05) is 48.5 Å². The maximum absolute atomic E-state index is 13.1. The molecule has 1 N–H and O–H groups in total. The Hall–Kier alpha value is -4.30. The van der Waals surface area contributed by atoms with E-state index in [9.17, 15) is 9.59 Å². The minimum atomic E-state index is -1.03. The molecule has 0 saturated heterocycles. The number of esters is 1. The number of carbonyl (C=O) groups is 2. The number of ether oxygens (including phenoxy) is 1. The number of furan rings is 1. The van der Waals surface area contributed by atoms with E-state index in [1.54, 1.807) is 18.2 Å². The average molecular weight is 484 g/mol. The number of aryl methyl sites for hydroxylation is 1. The van der Waals surface area contributed by atoms with Crippen LogP contribution in [0.4, 0.5) is 5.13 Å². The molecule has 0 aliphatic carbocycles. The van der Waals surface area contributed by atoms with Gasteiger partial charge < -0.3 is 9.15 Å². The first kappa shape index (κ1) is 22.5. The van der Waals surface area contributed by atoms with Crippen molar-refractivity contribution in [2.75, 3.05) is 5.32 Å². The van der Waals surface area contributed by atoms with E-state index in [1.807, 2.05) is 66.9 Å². The van der Waals surface area contributed by atoms with Gasteiger partial charge in [-0.3, -0.25) is 10.1 Å². The number of thiazole rings is 1. The first-order valence-electron chi connectivity index (χ1n) is 11.0. The summed E-state index contributed by atoms with van der Waals surface area (Å²) >= 11 is 1.31. The third kappa shape index (κ3) is 4.83.